The zero-order chi connectivity index (χ0) is 71.6. The molecular weight excluding hydrogens is 1240 g/mol. The smallest absolute Gasteiger partial charge is 0.331 e. The average Bonchev–Trinajstić information content (AvgIpc) is 0.861. The molecule has 5 aliphatic rings. The average molecular weight is 1380 g/mol. The van der Waals surface area contributed by atoms with Gasteiger partial charge in [0, 0.05) is 95.9 Å². The minimum atomic E-state index is -1.17. The summed E-state index contributed by atoms with van der Waals surface area (Å²) in [5.74, 6) is -5.01. The van der Waals surface area contributed by atoms with Crippen LogP contribution in [-0.2, 0) is 57.0 Å². The molecule has 29 atom stereocenters. The molecule has 2 saturated heterocycles. The normalized spacial score (nSPS) is 38.9. The molecule has 5 heterocycles. The Labute approximate surface area is 581 Å². The summed E-state index contributed by atoms with van der Waals surface area (Å²) >= 11 is 0. The molecule has 20 heteroatoms. The summed E-state index contributed by atoms with van der Waals surface area (Å²) in [5, 5.41) is 93.9. The first kappa shape index (κ1) is 84.4. The van der Waals surface area contributed by atoms with Crippen LogP contribution in [0, 0.1) is 41.4 Å². The van der Waals surface area contributed by atoms with Gasteiger partial charge >= 0.3 is 11.9 Å². The number of ether oxygens (including phenoxy) is 10. The highest BCUT2D eigenvalue weighted by Gasteiger charge is 2.42. The van der Waals surface area contributed by atoms with Crippen molar-refractivity contribution in [3.8, 4) is 0 Å². The molecule has 5 rings (SSSR count). The van der Waals surface area contributed by atoms with E-state index in [1.54, 1.807) is 54.4 Å². The van der Waals surface area contributed by atoms with Crippen molar-refractivity contribution >= 4 is 11.9 Å². The maximum atomic E-state index is 13.9. The topological polar surface area (TPSA) is 288 Å². The molecule has 0 aromatic rings. The van der Waals surface area contributed by atoms with E-state index in [1.165, 1.54) is 12.2 Å². The predicted molar refractivity (Wildman–Crippen MR) is 373 cm³/mol. The molecule has 97 heavy (non-hydrogen) atoms. The summed E-state index contributed by atoms with van der Waals surface area (Å²) in [5.41, 5.74) is 1.39. The summed E-state index contributed by atoms with van der Waals surface area (Å²) in [6, 6.07) is 0. The maximum Gasteiger partial charge on any atom is 0.331 e. The first-order chi connectivity index (χ1) is 46.0. The third-order valence-corrected chi connectivity index (χ3v) is 21.7. The molecule has 0 saturated carbocycles. The van der Waals surface area contributed by atoms with Crippen molar-refractivity contribution in [2.24, 2.45) is 41.4 Å². The van der Waals surface area contributed by atoms with Crippen molar-refractivity contribution in [1.29, 1.82) is 0 Å². The summed E-state index contributed by atoms with van der Waals surface area (Å²) in [7, 11) is 6.56. The van der Waals surface area contributed by atoms with Crippen LogP contribution in [0.4, 0.5) is 0 Å². The van der Waals surface area contributed by atoms with Gasteiger partial charge in [0.1, 0.15) is 12.2 Å². The van der Waals surface area contributed by atoms with E-state index >= 15 is 0 Å². The van der Waals surface area contributed by atoms with Crippen LogP contribution < -0.4 is 0 Å². The van der Waals surface area contributed by atoms with E-state index in [0.717, 1.165) is 25.7 Å². The van der Waals surface area contributed by atoms with Gasteiger partial charge in [0.15, 0.2) is 0 Å². The van der Waals surface area contributed by atoms with Gasteiger partial charge in [0.2, 0.25) is 0 Å². The third-order valence-electron chi connectivity index (χ3n) is 21.7. The number of allylic oxidation sites excluding steroid dienone is 4. The second kappa shape index (κ2) is 43.0. The first-order valence-corrected chi connectivity index (χ1v) is 36.6. The van der Waals surface area contributed by atoms with Gasteiger partial charge in [-0.1, -0.05) is 108 Å². The van der Waals surface area contributed by atoms with E-state index in [2.05, 4.69) is 0 Å². The second-order valence-corrected chi connectivity index (χ2v) is 29.9. The number of fused-ring (bicyclic) bond motifs is 4. The Hall–Kier alpha value is -3.26. The van der Waals surface area contributed by atoms with Gasteiger partial charge in [-0.3, -0.25) is 0 Å². The fourth-order valence-electron chi connectivity index (χ4n) is 15.1. The molecule has 0 aromatic carbocycles. The van der Waals surface area contributed by atoms with Crippen LogP contribution in [0.2, 0.25) is 0 Å². The molecule has 0 amide bonds. The highest BCUT2D eigenvalue weighted by molar-refractivity contribution is 5.83. The molecular formula is C77H130O20. The zero-order valence-corrected chi connectivity index (χ0v) is 61.4. The maximum absolute atomic E-state index is 13.9. The molecule has 558 valence electrons. The van der Waals surface area contributed by atoms with Crippen molar-refractivity contribution < 1.29 is 97.8 Å². The minimum Gasteiger partial charge on any atom is -0.458 e. The van der Waals surface area contributed by atoms with Crippen LogP contribution in [0.3, 0.4) is 0 Å². The lowest BCUT2D eigenvalue weighted by Crippen LogP contribution is -2.45. The predicted octanol–water partition coefficient (Wildman–Crippen LogP) is 9.86. The van der Waals surface area contributed by atoms with E-state index in [9.17, 15) is 50.4 Å². The van der Waals surface area contributed by atoms with Crippen molar-refractivity contribution in [3.05, 3.63) is 71.9 Å². The monoisotopic (exact) mass is 1370 g/mol. The molecule has 2 fully saturated rings. The number of hydrogen-bond acceptors (Lipinski definition) is 20. The van der Waals surface area contributed by atoms with Crippen LogP contribution in [0.5, 0.6) is 0 Å². The standard InChI is InChI=1S/C77H130O20/c1-45-22-28-56(78)36-59-18-16-20-61(94-59)40-67(90-14)38-58(80)39-68(81)52(8)76(54(10)74(86)47(3)26-30-63-41-65(88-12)34-49(5)92-63)96-72(84)32-24-46(2)23-29-57(79)37-60-19-17-21-62(95-60)43-71(91-15)51(7)69(82)44-70(83)53(9)77(97-73(85)33-25-45)55(11)75(87)48(4)27-31-64-42-66(89-13)35-50(6)93-64/h16-17,20-25,32-33,47-71,74-83,86-87H,18-19,26-31,34-44H2,1-15H3. The van der Waals surface area contributed by atoms with Crippen LogP contribution in [-0.4, -0.2) is 216 Å². The number of methoxy groups -OCH3 is 4. The number of carbonyl (C=O) groups is 2. The lowest BCUT2D eigenvalue weighted by atomic mass is 9.78. The fraction of sp³-hybridized carbons (Fsp3) is 0.818. The molecule has 5 aliphatic heterocycles. The van der Waals surface area contributed by atoms with Crippen molar-refractivity contribution in [2.45, 2.75) is 332 Å². The molecule has 8 N–H and O–H groups in total. The van der Waals surface area contributed by atoms with Gasteiger partial charge in [-0.25, -0.2) is 9.59 Å². The van der Waals surface area contributed by atoms with Crippen molar-refractivity contribution in [1.82, 2.24) is 0 Å². The molecule has 0 aromatic heterocycles. The number of esters is 2. The number of cyclic esters (lactones) is 2. The zero-order valence-electron chi connectivity index (χ0n) is 61.4. The van der Waals surface area contributed by atoms with Gasteiger partial charge in [-0.05, 0) is 136 Å². The summed E-state index contributed by atoms with van der Waals surface area (Å²) in [6.07, 6.45) is 14.5. The second-order valence-electron chi connectivity index (χ2n) is 29.9. The SMILES string of the molecule is COC1CC(O)CC(O)C(C)C(C(C)C(O)C(C)CCC2CC(OC)CC(C)O2)OC(=O)C=CC(C)=CCC(O)CC2CC=CC(CC(OC)C(C)C(O)CC(O)C(C)C(C(C)C(O)C(C)CCC3CC(OC)CC(C)O3)OC(=O)C=CC(C)=CCC(O)CC3CC=CC(C1)O3)O2. The highest BCUT2D eigenvalue weighted by Crippen LogP contribution is 2.36. The molecule has 29 unspecified atom stereocenters. The molecule has 0 aliphatic carbocycles. The molecule has 0 radical (unpaired) electrons. The Bertz CT molecular complexity index is 2450. The Kier molecular flexibility index (Phi) is 37.4. The van der Waals surface area contributed by atoms with Crippen LogP contribution in [0.1, 0.15) is 198 Å². The number of aliphatic hydroxyl groups is 8. The fourth-order valence-corrected chi connectivity index (χ4v) is 15.1. The van der Waals surface area contributed by atoms with E-state index in [4.69, 9.17) is 47.4 Å². The van der Waals surface area contributed by atoms with Crippen LogP contribution >= 0.6 is 0 Å². The Morgan fingerprint density at radius 3 is 1.28 bits per heavy atom. The number of aliphatic hydroxyl groups excluding tert-OH is 8. The van der Waals surface area contributed by atoms with Gasteiger partial charge in [-0.2, -0.15) is 0 Å². The molecule has 0 spiro atoms. The van der Waals surface area contributed by atoms with E-state index in [-0.39, 0.29) is 98.9 Å². The minimum absolute atomic E-state index is 0.0266. The largest absolute Gasteiger partial charge is 0.458 e. The Morgan fingerprint density at radius 1 is 0.454 bits per heavy atom. The van der Waals surface area contributed by atoms with Crippen LogP contribution in [0.25, 0.3) is 0 Å². The highest BCUT2D eigenvalue weighted by atomic mass is 16.6. The van der Waals surface area contributed by atoms with E-state index in [1.807, 2.05) is 98.8 Å². The summed E-state index contributed by atoms with van der Waals surface area (Å²) in [6.45, 7) is 20.7. The number of rotatable bonds is 16. The number of hydrogen-bond donors (Lipinski definition) is 8. The quantitative estimate of drug-likeness (QED) is 0.0527. The Balaban J connectivity index is 1.35. The van der Waals surface area contributed by atoms with E-state index in [0.29, 0.717) is 75.4 Å². The summed E-state index contributed by atoms with van der Waals surface area (Å²) < 4.78 is 61.1. The van der Waals surface area contributed by atoms with E-state index < -0.39 is 121 Å². The van der Waals surface area contributed by atoms with Gasteiger partial charge in [0.25, 0.3) is 0 Å². The van der Waals surface area contributed by atoms with Crippen LogP contribution in [0.15, 0.2) is 71.9 Å². The van der Waals surface area contributed by atoms with Gasteiger partial charge in [0.05, 0.1) is 122 Å². The first-order valence-electron chi connectivity index (χ1n) is 36.6. The molecule has 20 nitrogen and oxygen atoms in total. The Morgan fingerprint density at radius 2 is 0.856 bits per heavy atom. The van der Waals surface area contributed by atoms with Crippen molar-refractivity contribution in [3.63, 3.8) is 0 Å². The lowest BCUT2D eigenvalue weighted by Gasteiger charge is -2.38. The van der Waals surface area contributed by atoms with Gasteiger partial charge in [-0.15, -0.1) is 0 Å². The van der Waals surface area contributed by atoms with Gasteiger partial charge < -0.3 is 88.2 Å². The number of carbonyl (C=O) groups excluding carboxylic acids is 2. The molecule has 4 bridgehead atoms. The van der Waals surface area contributed by atoms with Crippen molar-refractivity contribution in [2.75, 3.05) is 28.4 Å². The lowest BCUT2D eigenvalue weighted by molar-refractivity contribution is -0.158. The summed E-state index contributed by atoms with van der Waals surface area (Å²) in [4.78, 5) is 27.7. The third kappa shape index (κ3) is 28.8.